The van der Waals surface area contributed by atoms with Gasteiger partial charge in [-0.2, -0.15) is 0 Å². The second-order valence-corrected chi connectivity index (χ2v) is 8.87. The summed E-state index contributed by atoms with van der Waals surface area (Å²) in [6, 6.07) is 8.66. The van der Waals surface area contributed by atoms with Crippen molar-refractivity contribution in [2.24, 2.45) is 0 Å². The molecule has 0 aliphatic rings. The number of hydrogen-bond acceptors (Lipinski definition) is 6. The molecule has 0 fully saturated rings. The maximum absolute atomic E-state index is 12.7. The van der Waals surface area contributed by atoms with Gasteiger partial charge in [0.25, 0.3) is 10.0 Å². The molecule has 5 nitrogen and oxygen atoms in total. The standard InChI is InChI=1S/C17H18N2O3S3/c1-3-13-11-24-17(18-13)12-9-16(23-10-12)25(20,21)19-14-7-5-6-8-15(14)22-4-2/h5-11,19H,3-4H2,1-2H3. The molecular weight excluding hydrogens is 376 g/mol. The molecule has 0 spiro atoms. The van der Waals surface area contributed by atoms with E-state index in [-0.39, 0.29) is 4.21 Å². The maximum Gasteiger partial charge on any atom is 0.271 e. The lowest BCUT2D eigenvalue weighted by Crippen LogP contribution is -2.12. The minimum Gasteiger partial charge on any atom is -0.492 e. The van der Waals surface area contributed by atoms with Crippen molar-refractivity contribution < 1.29 is 13.2 Å². The number of nitrogens with one attached hydrogen (secondary N) is 1. The Kier molecular flexibility index (Phi) is 5.41. The first-order valence-corrected chi connectivity index (χ1v) is 11.1. The Labute approximate surface area is 155 Å². The van der Waals surface area contributed by atoms with E-state index in [9.17, 15) is 8.42 Å². The Hall–Kier alpha value is -1.90. The van der Waals surface area contributed by atoms with Crippen LogP contribution < -0.4 is 9.46 Å². The molecule has 0 aliphatic carbocycles. The second kappa shape index (κ2) is 7.55. The molecule has 25 heavy (non-hydrogen) atoms. The van der Waals surface area contributed by atoms with Crippen LogP contribution >= 0.6 is 22.7 Å². The molecule has 0 aliphatic heterocycles. The minimum atomic E-state index is -3.67. The quantitative estimate of drug-likeness (QED) is 0.634. The molecular formula is C17H18N2O3S3. The van der Waals surface area contributed by atoms with E-state index in [0.29, 0.717) is 18.0 Å². The fourth-order valence-corrected chi connectivity index (χ4v) is 5.40. The predicted molar refractivity (Wildman–Crippen MR) is 103 cm³/mol. The Bertz CT molecular complexity index is 961. The van der Waals surface area contributed by atoms with E-state index in [4.69, 9.17) is 4.74 Å². The van der Waals surface area contributed by atoms with Crippen LogP contribution in [0.5, 0.6) is 5.75 Å². The number of aromatic nitrogens is 1. The van der Waals surface area contributed by atoms with Gasteiger partial charge in [0.1, 0.15) is 15.0 Å². The lowest BCUT2D eigenvalue weighted by Gasteiger charge is -2.11. The number of aryl methyl sites for hydroxylation is 1. The average Bonchev–Trinajstić information content (AvgIpc) is 3.26. The maximum atomic E-state index is 12.7. The Morgan fingerprint density at radius 2 is 1.96 bits per heavy atom. The zero-order chi connectivity index (χ0) is 17.9. The molecule has 0 radical (unpaired) electrons. The highest BCUT2D eigenvalue weighted by molar-refractivity contribution is 7.94. The van der Waals surface area contributed by atoms with E-state index >= 15 is 0 Å². The van der Waals surface area contributed by atoms with Gasteiger partial charge in [0, 0.05) is 16.3 Å². The van der Waals surface area contributed by atoms with Crippen LogP contribution in [0.2, 0.25) is 0 Å². The van der Waals surface area contributed by atoms with Crippen molar-refractivity contribution in [1.29, 1.82) is 0 Å². The molecule has 2 aromatic heterocycles. The third-order valence-electron chi connectivity index (χ3n) is 3.43. The Morgan fingerprint density at radius 1 is 1.16 bits per heavy atom. The highest BCUT2D eigenvalue weighted by Crippen LogP contribution is 2.33. The van der Waals surface area contributed by atoms with Crippen LogP contribution in [-0.4, -0.2) is 20.0 Å². The number of benzene rings is 1. The van der Waals surface area contributed by atoms with Crippen molar-refractivity contribution in [3.05, 3.63) is 46.8 Å². The van der Waals surface area contributed by atoms with Crippen LogP contribution in [0.3, 0.4) is 0 Å². The van der Waals surface area contributed by atoms with Crippen LogP contribution in [0, 0.1) is 0 Å². The number of anilines is 1. The molecule has 3 rings (SSSR count). The highest BCUT2D eigenvalue weighted by atomic mass is 32.2. The monoisotopic (exact) mass is 394 g/mol. The van der Waals surface area contributed by atoms with Gasteiger partial charge < -0.3 is 4.74 Å². The first-order valence-electron chi connectivity index (χ1n) is 7.81. The number of para-hydroxylation sites is 2. The molecule has 0 atom stereocenters. The van der Waals surface area contributed by atoms with E-state index in [1.807, 2.05) is 24.6 Å². The van der Waals surface area contributed by atoms with E-state index in [0.717, 1.165) is 22.7 Å². The summed E-state index contributed by atoms with van der Waals surface area (Å²) in [5.74, 6) is 0.512. The van der Waals surface area contributed by atoms with Gasteiger partial charge in [-0.3, -0.25) is 4.72 Å². The summed E-state index contributed by atoms with van der Waals surface area (Å²) in [4.78, 5) is 4.51. The Balaban J connectivity index is 1.86. The van der Waals surface area contributed by atoms with Crippen LogP contribution in [0.15, 0.2) is 45.3 Å². The van der Waals surface area contributed by atoms with Crippen molar-refractivity contribution >= 4 is 38.4 Å². The van der Waals surface area contributed by atoms with Crippen LogP contribution in [-0.2, 0) is 16.4 Å². The lowest BCUT2D eigenvalue weighted by molar-refractivity contribution is 0.342. The summed E-state index contributed by atoms with van der Waals surface area (Å²) >= 11 is 2.71. The van der Waals surface area contributed by atoms with Crippen molar-refractivity contribution in [3.63, 3.8) is 0 Å². The van der Waals surface area contributed by atoms with Gasteiger partial charge in [-0.15, -0.1) is 22.7 Å². The fourth-order valence-electron chi connectivity index (χ4n) is 2.20. The van der Waals surface area contributed by atoms with Gasteiger partial charge >= 0.3 is 0 Å². The van der Waals surface area contributed by atoms with Crippen molar-refractivity contribution in [3.8, 4) is 16.3 Å². The van der Waals surface area contributed by atoms with E-state index in [1.54, 1.807) is 30.3 Å². The number of rotatable bonds is 7. The number of hydrogen-bond donors (Lipinski definition) is 1. The predicted octanol–water partition coefficient (Wildman–Crippen LogP) is 4.63. The smallest absolute Gasteiger partial charge is 0.271 e. The van der Waals surface area contributed by atoms with Gasteiger partial charge in [0.2, 0.25) is 0 Å². The molecule has 8 heteroatoms. The normalized spacial score (nSPS) is 11.4. The van der Waals surface area contributed by atoms with Gasteiger partial charge in [-0.25, -0.2) is 13.4 Å². The average molecular weight is 395 g/mol. The lowest BCUT2D eigenvalue weighted by atomic mass is 10.3. The molecule has 1 aromatic carbocycles. The van der Waals surface area contributed by atoms with Crippen molar-refractivity contribution in [1.82, 2.24) is 4.98 Å². The third-order valence-corrected chi connectivity index (χ3v) is 7.18. The summed E-state index contributed by atoms with van der Waals surface area (Å²) in [6.07, 6.45) is 0.863. The SMILES string of the molecule is CCOc1ccccc1NS(=O)(=O)c1cc(-c2nc(CC)cs2)cs1. The molecule has 0 saturated heterocycles. The molecule has 132 valence electrons. The summed E-state index contributed by atoms with van der Waals surface area (Å²) in [6.45, 7) is 4.36. The summed E-state index contributed by atoms with van der Waals surface area (Å²) in [5.41, 5.74) is 2.27. The number of thiazole rings is 1. The van der Waals surface area contributed by atoms with Crippen LogP contribution in [0.1, 0.15) is 19.5 Å². The van der Waals surface area contributed by atoms with Gasteiger partial charge in [0.05, 0.1) is 18.0 Å². The van der Waals surface area contributed by atoms with Crippen LogP contribution in [0.4, 0.5) is 5.69 Å². The van der Waals surface area contributed by atoms with E-state index < -0.39 is 10.0 Å². The molecule has 3 aromatic rings. The number of ether oxygens (including phenoxy) is 1. The third kappa shape index (κ3) is 4.02. The van der Waals surface area contributed by atoms with Gasteiger partial charge in [0.15, 0.2) is 0 Å². The zero-order valence-corrected chi connectivity index (χ0v) is 16.3. The molecule has 2 heterocycles. The topological polar surface area (TPSA) is 68.3 Å². The Morgan fingerprint density at radius 3 is 2.68 bits per heavy atom. The van der Waals surface area contributed by atoms with E-state index in [1.165, 1.54) is 22.7 Å². The first-order chi connectivity index (χ1) is 12.0. The molecule has 1 N–H and O–H groups in total. The van der Waals surface area contributed by atoms with Crippen LogP contribution in [0.25, 0.3) is 10.6 Å². The zero-order valence-electron chi connectivity index (χ0n) is 13.9. The van der Waals surface area contributed by atoms with E-state index in [2.05, 4.69) is 9.71 Å². The minimum absolute atomic E-state index is 0.252. The number of sulfonamides is 1. The molecule has 0 bridgehead atoms. The highest BCUT2D eigenvalue weighted by Gasteiger charge is 2.20. The summed E-state index contributed by atoms with van der Waals surface area (Å²) in [7, 11) is -3.67. The number of nitrogens with zero attached hydrogens (tertiary/aromatic N) is 1. The molecule has 0 unspecified atom stereocenters. The molecule has 0 saturated carbocycles. The summed E-state index contributed by atoms with van der Waals surface area (Å²) < 4.78 is 33.7. The van der Waals surface area contributed by atoms with Crippen molar-refractivity contribution in [2.75, 3.05) is 11.3 Å². The second-order valence-electron chi connectivity index (χ2n) is 5.19. The van der Waals surface area contributed by atoms with Crippen molar-refractivity contribution in [2.45, 2.75) is 24.5 Å². The largest absolute Gasteiger partial charge is 0.492 e. The number of thiophene rings is 1. The van der Waals surface area contributed by atoms with Gasteiger partial charge in [-0.05, 0) is 31.5 Å². The first kappa shape index (κ1) is 17.9. The summed E-state index contributed by atoms with van der Waals surface area (Å²) in [5, 5.41) is 4.66. The van der Waals surface area contributed by atoms with Gasteiger partial charge in [-0.1, -0.05) is 19.1 Å². The fraction of sp³-hybridized carbons (Fsp3) is 0.235. The molecule has 0 amide bonds.